The Hall–Kier alpha value is -2.74. The Labute approximate surface area is 173 Å². The zero-order chi connectivity index (χ0) is 20.4. The van der Waals surface area contributed by atoms with Gasteiger partial charge in [0.2, 0.25) is 11.8 Å². The number of carbonyl (C=O) groups excluding carboxylic acids is 3. The fraction of sp³-hybridized carbons (Fsp3) is 0.429. The number of rotatable bonds is 4. The SMILES string of the molecule is NC(=O)C1CCN(C(=O)C2CCCc3sc(NC(=O)c4ccccc4)nc32)CC1. The van der Waals surface area contributed by atoms with Gasteiger partial charge in [-0.25, -0.2) is 4.98 Å². The number of benzene rings is 1. The van der Waals surface area contributed by atoms with Gasteiger partial charge in [-0.2, -0.15) is 0 Å². The molecule has 2 aliphatic rings. The van der Waals surface area contributed by atoms with E-state index < -0.39 is 0 Å². The van der Waals surface area contributed by atoms with Crippen LogP contribution in [0.3, 0.4) is 0 Å². The van der Waals surface area contributed by atoms with Crippen molar-refractivity contribution in [3.8, 4) is 0 Å². The maximum Gasteiger partial charge on any atom is 0.257 e. The van der Waals surface area contributed by atoms with E-state index in [9.17, 15) is 14.4 Å². The molecule has 2 heterocycles. The second-order valence-electron chi connectivity index (χ2n) is 7.59. The lowest BCUT2D eigenvalue weighted by molar-refractivity contribution is -0.136. The van der Waals surface area contributed by atoms with Crippen molar-refractivity contribution in [3.05, 3.63) is 46.5 Å². The van der Waals surface area contributed by atoms with Crippen LogP contribution in [0.4, 0.5) is 5.13 Å². The minimum absolute atomic E-state index is 0.0695. The van der Waals surface area contributed by atoms with Crippen molar-refractivity contribution in [1.82, 2.24) is 9.88 Å². The molecular formula is C21H24N4O3S. The second kappa shape index (κ2) is 8.32. The first-order valence-electron chi connectivity index (χ1n) is 9.97. The lowest BCUT2D eigenvalue weighted by atomic mass is 9.88. The molecule has 1 aromatic carbocycles. The van der Waals surface area contributed by atoms with Crippen molar-refractivity contribution < 1.29 is 14.4 Å². The number of nitrogens with one attached hydrogen (secondary N) is 1. The number of primary amides is 1. The van der Waals surface area contributed by atoms with E-state index in [-0.39, 0.29) is 29.6 Å². The van der Waals surface area contributed by atoms with Crippen LogP contribution in [0.25, 0.3) is 0 Å². The number of thiazole rings is 1. The molecule has 0 saturated carbocycles. The van der Waals surface area contributed by atoms with Crippen molar-refractivity contribution in [1.29, 1.82) is 0 Å². The van der Waals surface area contributed by atoms with Crippen LogP contribution in [-0.4, -0.2) is 40.7 Å². The zero-order valence-electron chi connectivity index (χ0n) is 16.1. The first kappa shape index (κ1) is 19.6. The van der Waals surface area contributed by atoms with Crippen LogP contribution in [0.1, 0.15) is 52.5 Å². The minimum atomic E-state index is -0.282. The second-order valence-corrected chi connectivity index (χ2v) is 8.68. The van der Waals surface area contributed by atoms with Crippen molar-refractivity contribution in [2.45, 2.75) is 38.0 Å². The standard InChI is InChI=1S/C21H24N4O3S/c22-18(26)13-9-11-25(12-10-13)20(28)15-7-4-8-16-17(15)23-21(29-16)24-19(27)14-5-2-1-3-6-14/h1-3,5-6,13,15H,4,7-12H2,(H2,22,26)(H,23,24,27). The summed E-state index contributed by atoms with van der Waals surface area (Å²) in [5, 5.41) is 3.40. The van der Waals surface area contributed by atoms with E-state index in [1.54, 1.807) is 12.1 Å². The highest BCUT2D eigenvalue weighted by Gasteiger charge is 2.35. The average Bonchev–Trinajstić information content (AvgIpc) is 3.16. The molecule has 1 aliphatic heterocycles. The van der Waals surface area contributed by atoms with Crippen molar-refractivity contribution >= 4 is 34.2 Å². The van der Waals surface area contributed by atoms with Crippen molar-refractivity contribution in [3.63, 3.8) is 0 Å². The lowest BCUT2D eigenvalue weighted by Crippen LogP contribution is -2.44. The van der Waals surface area contributed by atoms with Gasteiger partial charge in [0, 0.05) is 29.4 Å². The number of carbonyl (C=O) groups is 3. The number of nitrogens with zero attached hydrogens (tertiary/aromatic N) is 2. The quantitative estimate of drug-likeness (QED) is 0.805. The Morgan fingerprint density at radius 3 is 2.52 bits per heavy atom. The Balaban J connectivity index is 1.46. The van der Waals surface area contributed by atoms with Crippen LogP contribution < -0.4 is 11.1 Å². The van der Waals surface area contributed by atoms with Crippen LogP contribution in [0.5, 0.6) is 0 Å². The fourth-order valence-corrected chi connectivity index (χ4v) is 5.14. The molecule has 1 aliphatic carbocycles. The van der Waals surface area contributed by atoms with Crippen LogP contribution in [0.15, 0.2) is 30.3 Å². The van der Waals surface area contributed by atoms with Gasteiger partial charge in [-0.1, -0.05) is 18.2 Å². The highest BCUT2D eigenvalue weighted by molar-refractivity contribution is 7.16. The molecule has 0 bridgehead atoms. The lowest BCUT2D eigenvalue weighted by Gasteiger charge is -2.34. The zero-order valence-corrected chi connectivity index (χ0v) is 16.9. The third-order valence-electron chi connectivity index (χ3n) is 5.72. The fourth-order valence-electron chi connectivity index (χ4n) is 4.08. The number of amides is 3. The number of fused-ring (bicyclic) bond motifs is 1. The maximum absolute atomic E-state index is 13.1. The summed E-state index contributed by atoms with van der Waals surface area (Å²) in [6, 6.07) is 9.01. The number of hydrogen-bond donors (Lipinski definition) is 2. The van der Waals surface area contributed by atoms with Gasteiger partial charge in [0.05, 0.1) is 11.6 Å². The maximum atomic E-state index is 13.1. The van der Waals surface area contributed by atoms with Gasteiger partial charge in [0.25, 0.3) is 5.91 Å². The third-order valence-corrected chi connectivity index (χ3v) is 6.76. The summed E-state index contributed by atoms with van der Waals surface area (Å²) in [7, 11) is 0. The van der Waals surface area contributed by atoms with Crippen LogP contribution in [0.2, 0.25) is 0 Å². The van der Waals surface area contributed by atoms with Gasteiger partial charge >= 0.3 is 0 Å². The van der Waals surface area contributed by atoms with E-state index in [4.69, 9.17) is 5.73 Å². The van der Waals surface area contributed by atoms with Crippen LogP contribution >= 0.6 is 11.3 Å². The molecule has 2 aromatic rings. The van der Waals surface area contributed by atoms with Crippen molar-refractivity contribution in [2.24, 2.45) is 11.7 Å². The molecule has 7 nitrogen and oxygen atoms in total. The minimum Gasteiger partial charge on any atom is -0.369 e. The highest BCUT2D eigenvalue weighted by atomic mass is 32.1. The summed E-state index contributed by atoms with van der Waals surface area (Å²) in [5.74, 6) is -0.828. The predicted molar refractivity (Wildman–Crippen MR) is 111 cm³/mol. The summed E-state index contributed by atoms with van der Waals surface area (Å²) >= 11 is 1.46. The first-order valence-corrected chi connectivity index (χ1v) is 10.8. The molecule has 3 N–H and O–H groups in total. The van der Waals surface area contributed by atoms with Crippen LogP contribution in [0, 0.1) is 5.92 Å². The van der Waals surface area contributed by atoms with Gasteiger partial charge in [0.1, 0.15) is 0 Å². The summed E-state index contributed by atoms with van der Waals surface area (Å²) in [4.78, 5) is 44.4. The van der Waals surface area contributed by atoms with Gasteiger partial charge in [-0.15, -0.1) is 11.3 Å². The Morgan fingerprint density at radius 2 is 1.83 bits per heavy atom. The summed E-state index contributed by atoms with van der Waals surface area (Å²) in [6.45, 7) is 1.11. The molecule has 1 unspecified atom stereocenters. The van der Waals surface area contributed by atoms with E-state index in [1.165, 1.54) is 11.3 Å². The molecular weight excluding hydrogens is 388 g/mol. The number of hydrogen-bond acceptors (Lipinski definition) is 5. The normalized spacial score (nSPS) is 19.4. The number of nitrogens with two attached hydrogens (primary N) is 1. The molecule has 29 heavy (non-hydrogen) atoms. The molecule has 0 spiro atoms. The summed E-state index contributed by atoms with van der Waals surface area (Å²) in [5.41, 5.74) is 6.77. The monoisotopic (exact) mass is 412 g/mol. The van der Waals surface area contributed by atoms with E-state index >= 15 is 0 Å². The largest absolute Gasteiger partial charge is 0.369 e. The molecule has 1 saturated heterocycles. The van der Waals surface area contributed by atoms with E-state index in [0.29, 0.717) is 36.6 Å². The number of anilines is 1. The average molecular weight is 413 g/mol. The van der Waals surface area contributed by atoms with Gasteiger partial charge < -0.3 is 10.6 Å². The number of likely N-dealkylation sites (tertiary alicyclic amines) is 1. The smallest absolute Gasteiger partial charge is 0.257 e. The predicted octanol–water partition coefficient (Wildman–Crippen LogP) is 2.54. The molecule has 8 heteroatoms. The van der Waals surface area contributed by atoms with Crippen LogP contribution in [-0.2, 0) is 16.0 Å². The number of aryl methyl sites for hydroxylation is 1. The number of aromatic nitrogens is 1. The van der Waals surface area contributed by atoms with E-state index in [0.717, 1.165) is 29.8 Å². The Bertz CT molecular complexity index is 919. The van der Waals surface area contributed by atoms with Gasteiger partial charge in [-0.05, 0) is 44.2 Å². The molecule has 1 aromatic heterocycles. The summed E-state index contributed by atoms with van der Waals surface area (Å²) in [6.07, 6.45) is 3.81. The Morgan fingerprint density at radius 1 is 1.10 bits per heavy atom. The number of piperidine rings is 1. The summed E-state index contributed by atoms with van der Waals surface area (Å²) < 4.78 is 0. The van der Waals surface area contributed by atoms with E-state index in [1.807, 2.05) is 23.1 Å². The molecule has 3 amide bonds. The first-order chi connectivity index (χ1) is 14.0. The molecule has 152 valence electrons. The van der Waals surface area contributed by atoms with Gasteiger partial charge in [-0.3, -0.25) is 19.7 Å². The molecule has 1 atom stereocenters. The topological polar surface area (TPSA) is 105 Å². The van der Waals surface area contributed by atoms with Crippen molar-refractivity contribution in [2.75, 3.05) is 18.4 Å². The Kier molecular flexibility index (Phi) is 5.62. The molecule has 4 rings (SSSR count). The third kappa shape index (κ3) is 4.17. The van der Waals surface area contributed by atoms with Gasteiger partial charge in [0.15, 0.2) is 5.13 Å². The van der Waals surface area contributed by atoms with E-state index in [2.05, 4.69) is 10.3 Å². The molecule has 1 fully saturated rings. The molecule has 0 radical (unpaired) electrons. The highest BCUT2D eigenvalue weighted by Crippen LogP contribution is 2.38.